The van der Waals surface area contributed by atoms with Gasteiger partial charge in [0.25, 0.3) is 0 Å². The molecule has 1 aromatic heterocycles. The van der Waals surface area contributed by atoms with Gasteiger partial charge in [0, 0.05) is 19.9 Å². The molecule has 0 fully saturated rings. The summed E-state index contributed by atoms with van der Waals surface area (Å²) >= 11 is 5.73. The van der Waals surface area contributed by atoms with Crippen molar-refractivity contribution in [1.29, 1.82) is 0 Å². The normalized spacial score (nSPS) is 11.7. The Labute approximate surface area is 115 Å². The van der Waals surface area contributed by atoms with Crippen LogP contribution in [0, 0.1) is 0 Å². The first-order chi connectivity index (χ1) is 8.89. The van der Waals surface area contributed by atoms with Crippen LogP contribution in [0.15, 0.2) is 23.2 Å². The van der Waals surface area contributed by atoms with Crippen molar-refractivity contribution in [2.75, 3.05) is 26.8 Å². The molecule has 0 aliphatic rings. The highest BCUT2D eigenvalue weighted by molar-refractivity contribution is 7.89. The minimum Gasteiger partial charge on any atom is -0.480 e. The third-order valence-corrected chi connectivity index (χ3v) is 4.49. The van der Waals surface area contributed by atoms with Crippen LogP contribution in [0.2, 0.25) is 5.15 Å². The summed E-state index contributed by atoms with van der Waals surface area (Å²) in [5, 5.41) is 8.57. The number of hydrogen-bond acceptors (Lipinski definition) is 5. The Morgan fingerprint density at radius 3 is 2.79 bits per heavy atom. The molecule has 1 N–H and O–H groups in total. The van der Waals surface area contributed by atoms with Crippen molar-refractivity contribution in [2.45, 2.75) is 4.90 Å². The van der Waals surface area contributed by atoms with E-state index < -0.39 is 22.5 Å². The number of nitrogens with zero attached hydrogens (tertiary/aromatic N) is 2. The van der Waals surface area contributed by atoms with Gasteiger partial charge in [-0.1, -0.05) is 11.6 Å². The summed E-state index contributed by atoms with van der Waals surface area (Å²) in [5.41, 5.74) is 0. The number of pyridine rings is 1. The van der Waals surface area contributed by atoms with Crippen LogP contribution in [0.1, 0.15) is 0 Å². The van der Waals surface area contributed by atoms with Crippen molar-refractivity contribution in [3.05, 3.63) is 23.5 Å². The molecule has 1 rings (SSSR count). The Bertz CT molecular complexity index is 549. The van der Waals surface area contributed by atoms with E-state index >= 15 is 0 Å². The molecule has 7 nitrogen and oxygen atoms in total. The predicted octanol–water partition coefficient (Wildman–Crippen LogP) is 0.457. The number of carboxylic acid groups (broad SMARTS) is 1. The molecule has 0 aliphatic carbocycles. The third-order valence-electron chi connectivity index (χ3n) is 2.20. The second-order valence-corrected chi connectivity index (χ2v) is 5.78. The smallest absolute Gasteiger partial charge is 0.318 e. The zero-order valence-corrected chi connectivity index (χ0v) is 11.7. The first kappa shape index (κ1) is 15.8. The second kappa shape index (κ2) is 6.80. The van der Waals surface area contributed by atoms with Gasteiger partial charge in [-0.05, 0) is 12.1 Å². The van der Waals surface area contributed by atoms with Crippen LogP contribution in [0.3, 0.4) is 0 Å². The number of rotatable bonds is 7. The SMILES string of the molecule is COCCN(CC(=O)O)S(=O)(=O)c1cccnc1Cl. The Morgan fingerprint density at radius 2 is 2.26 bits per heavy atom. The molecule has 9 heteroatoms. The van der Waals surface area contributed by atoms with Gasteiger partial charge < -0.3 is 9.84 Å². The standard InChI is InChI=1S/C10H13ClN2O5S/c1-18-6-5-13(7-9(14)15)19(16,17)8-3-2-4-12-10(8)11/h2-4H,5-7H2,1H3,(H,14,15). The van der Waals surface area contributed by atoms with Crippen LogP contribution in [0.5, 0.6) is 0 Å². The molecule has 106 valence electrons. The fraction of sp³-hybridized carbons (Fsp3) is 0.400. The van der Waals surface area contributed by atoms with Crippen LogP contribution in [-0.4, -0.2) is 55.6 Å². The summed E-state index contributed by atoms with van der Waals surface area (Å²) in [7, 11) is -2.63. The van der Waals surface area contributed by atoms with E-state index in [0.717, 1.165) is 4.31 Å². The summed E-state index contributed by atoms with van der Waals surface area (Å²) in [4.78, 5) is 14.2. The van der Waals surface area contributed by atoms with Crippen LogP contribution in [-0.2, 0) is 19.6 Å². The Balaban J connectivity index is 3.12. The Kier molecular flexibility index (Phi) is 5.67. The molecule has 0 saturated carbocycles. The zero-order valence-electron chi connectivity index (χ0n) is 10.1. The predicted molar refractivity (Wildman–Crippen MR) is 67.5 cm³/mol. The quantitative estimate of drug-likeness (QED) is 0.735. The van der Waals surface area contributed by atoms with Gasteiger partial charge in [-0.2, -0.15) is 4.31 Å². The number of methoxy groups -OCH3 is 1. The van der Waals surface area contributed by atoms with Crippen molar-refractivity contribution in [1.82, 2.24) is 9.29 Å². The van der Waals surface area contributed by atoms with Crippen LogP contribution in [0.25, 0.3) is 0 Å². The van der Waals surface area contributed by atoms with E-state index in [1.165, 1.54) is 25.4 Å². The van der Waals surface area contributed by atoms with E-state index in [2.05, 4.69) is 4.98 Å². The molecule has 0 bridgehead atoms. The van der Waals surface area contributed by atoms with Gasteiger partial charge in [0.15, 0.2) is 0 Å². The topological polar surface area (TPSA) is 96.8 Å². The maximum absolute atomic E-state index is 12.3. The first-order valence-corrected chi connectivity index (χ1v) is 7.02. The molecule has 1 heterocycles. The van der Waals surface area contributed by atoms with E-state index in [-0.39, 0.29) is 23.2 Å². The summed E-state index contributed by atoms with van der Waals surface area (Å²) < 4.78 is 30.1. The highest BCUT2D eigenvalue weighted by Gasteiger charge is 2.28. The van der Waals surface area contributed by atoms with Gasteiger partial charge in [-0.15, -0.1) is 0 Å². The number of halogens is 1. The average molecular weight is 309 g/mol. The molecule has 0 aliphatic heterocycles. The van der Waals surface area contributed by atoms with Gasteiger partial charge in [0.05, 0.1) is 6.61 Å². The molecule has 0 saturated heterocycles. The lowest BCUT2D eigenvalue weighted by atomic mass is 10.5. The van der Waals surface area contributed by atoms with Crippen molar-refractivity contribution < 1.29 is 23.1 Å². The van der Waals surface area contributed by atoms with Crippen molar-refractivity contribution in [2.24, 2.45) is 0 Å². The highest BCUT2D eigenvalue weighted by Crippen LogP contribution is 2.21. The summed E-state index contributed by atoms with van der Waals surface area (Å²) in [6, 6.07) is 2.68. The van der Waals surface area contributed by atoms with E-state index in [4.69, 9.17) is 21.4 Å². The first-order valence-electron chi connectivity index (χ1n) is 5.21. The minimum atomic E-state index is -4.02. The van der Waals surface area contributed by atoms with Crippen molar-refractivity contribution in [3.8, 4) is 0 Å². The van der Waals surface area contributed by atoms with Gasteiger partial charge >= 0.3 is 5.97 Å². The van der Waals surface area contributed by atoms with Gasteiger partial charge in [0.2, 0.25) is 10.0 Å². The van der Waals surface area contributed by atoms with Gasteiger partial charge in [-0.3, -0.25) is 4.79 Å². The molecule has 0 unspecified atom stereocenters. The Morgan fingerprint density at radius 1 is 1.58 bits per heavy atom. The zero-order chi connectivity index (χ0) is 14.5. The lowest BCUT2D eigenvalue weighted by molar-refractivity contribution is -0.137. The second-order valence-electron chi connectivity index (χ2n) is 3.52. The molecule has 1 aromatic rings. The van der Waals surface area contributed by atoms with Crippen molar-refractivity contribution in [3.63, 3.8) is 0 Å². The molecular weight excluding hydrogens is 296 g/mol. The van der Waals surface area contributed by atoms with Crippen LogP contribution < -0.4 is 0 Å². The summed E-state index contributed by atoms with van der Waals surface area (Å²) in [6.45, 7) is -0.683. The number of carboxylic acids is 1. The largest absolute Gasteiger partial charge is 0.480 e. The number of hydrogen-bond donors (Lipinski definition) is 1. The van der Waals surface area contributed by atoms with Crippen LogP contribution in [0.4, 0.5) is 0 Å². The van der Waals surface area contributed by atoms with Crippen LogP contribution >= 0.6 is 11.6 Å². The number of carbonyl (C=O) groups is 1. The summed E-state index contributed by atoms with van der Waals surface area (Å²) in [5.74, 6) is -1.26. The third kappa shape index (κ3) is 4.13. The fourth-order valence-corrected chi connectivity index (χ4v) is 3.13. The maximum Gasteiger partial charge on any atom is 0.318 e. The maximum atomic E-state index is 12.3. The number of aromatic nitrogens is 1. The van der Waals surface area contributed by atoms with E-state index in [9.17, 15) is 13.2 Å². The molecular formula is C10H13ClN2O5S. The molecule has 19 heavy (non-hydrogen) atoms. The van der Waals surface area contributed by atoms with E-state index in [0.29, 0.717) is 0 Å². The fourth-order valence-electron chi connectivity index (χ4n) is 1.33. The van der Waals surface area contributed by atoms with Crippen molar-refractivity contribution >= 4 is 27.6 Å². The lowest BCUT2D eigenvalue weighted by Gasteiger charge is -2.20. The highest BCUT2D eigenvalue weighted by atomic mass is 35.5. The average Bonchev–Trinajstić information content (AvgIpc) is 2.34. The van der Waals surface area contributed by atoms with Gasteiger partial charge in [0.1, 0.15) is 16.6 Å². The van der Waals surface area contributed by atoms with E-state index in [1.807, 2.05) is 0 Å². The lowest BCUT2D eigenvalue weighted by Crippen LogP contribution is -2.38. The molecule has 0 radical (unpaired) electrons. The molecule has 0 amide bonds. The molecule has 0 spiro atoms. The Hall–Kier alpha value is -1.22. The minimum absolute atomic E-state index is 0.0738. The summed E-state index contributed by atoms with van der Waals surface area (Å²) in [6.07, 6.45) is 1.35. The van der Waals surface area contributed by atoms with E-state index in [1.54, 1.807) is 0 Å². The molecule has 0 aromatic carbocycles. The van der Waals surface area contributed by atoms with Gasteiger partial charge in [-0.25, -0.2) is 13.4 Å². The number of aliphatic carboxylic acids is 1. The number of sulfonamides is 1. The monoisotopic (exact) mass is 308 g/mol. The number of ether oxygens (including phenoxy) is 1. The molecule has 0 atom stereocenters.